The molecule has 0 aliphatic heterocycles. The van der Waals surface area contributed by atoms with E-state index in [1.54, 1.807) is 23.0 Å². The van der Waals surface area contributed by atoms with E-state index in [1.165, 1.54) is 0 Å². The Bertz CT molecular complexity index is 754. The summed E-state index contributed by atoms with van der Waals surface area (Å²) >= 11 is 0. The van der Waals surface area contributed by atoms with Crippen LogP contribution in [0.1, 0.15) is 27.7 Å². The van der Waals surface area contributed by atoms with Gasteiger partial charge >= 0.3 is 0 Å². The van der Waals surface area contributed by atoms with Crippen molar-refractivity contribution in [3.8, 4) is 5.69 Å². The molecule has 1 N–H and O–H groups in total. The first-order valence-corrected chi connectivity index (χ1v) is 6.94. The molecule has 1 amide bonds. The lowest BCUT2D eigenvalue weighted by atomic mass is 10.2. The maximum Gasteiger partial charge on any atom is 0.251 e. The van der Waals surface area contributed by atoms with Crippen molar-refractivity contribution in [3.63, 3.8) is 0 Å². The summed E-state index contributed by atoms with van der Waals surface area (Å²) in [4.78, 5) is 16.3. The van der Waals surface area contributed by atoms with Crippen molar-refractivity contribution in [2.45, 2.75) is 20.4 Å². The fraction of sp³-hybridized carbons (Fsp3) is 0.188. The Balaban J connectivity index is 1.65. The van der Waals surface area contributed by atoms with E-state index in [4.69, 9.17) is 4.42 Å². The number of rotatable bonds is 4. The summed E-state index contributed by atoms with van der Waals surface area (Å²) in [6.07, 6.45) is 3.56. The average Bonchev–Trinajstić information content (AvgIpc) is 3.16. The topological polar surface area (TPSA) is 73.0 Å². The third-order valence-corrected chi connectivity index (χ3v) is 3.37. The Morgan fingerprint density at radius 1 is 1.27 bits per heavy atom. The van der Waals surface area contributed by atoms with E-state index in [2.05, 4.69) is 15.4 Å². The zero-order valence-corrected chi connectivity index (χ0v) is 12.4. The molecule has 0 aliphatic carbocycles. The van der Waals surface area contributed by atoms with Gasteiger partial charge in [-0.15, -0.1) is 0 Å². The van der Waals surface area contributed by atoms with Crippen LogP contribution in [0, 0.1) is 13.8 Å². The first kappa shape index (κ1) is 14.1. The Morgan fingerprint density at radius 3 is 2.64 bits per heavy atom. The highest BCUT2D eigenvalue weighted by Crippen LogP contribution is 2.10. The molecule has 3 aromatic rings. The molecule has 6 nitrogen and oxygen atoms in total. The minimum absolute atomic E-state index is 0.166. The number of carbonyl (C=O) groups is 1. The lowest BCUT2D eigenvalue weighted by molar-refractivity contribution is 0.0947. The number of amides is 1. The van der Waals surface area contributed by atoms with Crippen LogP contribution in [-0.2, 0) is 6.54 Å². The first-order chi connectivity index (χ1) is 10.6. The van der Waals surface area contributed by atoms with Crippen LogP contribution in [0.2, 0.25) is 0 Å². The molecule has 0 bridgehead atoms. The van der Waals surface area contributed by atoms with Crippen molar-refractivity contribution in [2.75, 3.05) is 0 Å². The van der Waals surface area contributed by atoms with E-state index < -0.39 is 0 Å². The molecule has 0 aliphatic rings. The van der Waals surface area contributed by atoms with Gasteiger partial charge in [-0.25, -0.2) is 9.67 Å². The van der Waals surface area contributed by atoms with Gasteiger partial charge in [-0.05, 0) is 44.2 Å². The quantitative estimate of drug-likeness (QED) is 0.802. The molecule has 0 saturated carbocycles. The van der Waals surface area contributed by atoms with E-state index in [0.29, 0.717) is 11.5 Å². The molecular formula is C16H16N4O2. The summed E-state index contributed by atoms with van der Waals surface area (Å²) in [6.45, 7) is 3.99. The summed E-state index contributed by atoms with van der Waals surface area (Å²) in [6, 6.07) is 9.07. The third-order valence-electron chi connectivity index (χ3n) is 3.37. The zero-order valence-electron chi connectivity index (χ0n) is 12.4. The fourth-order valence-corrected chi connectivity index (χ4v) is 2.06. The molecule has 0 fully saturated rings. The number of oxazole rings is 1. The van der Waals surface area contributed by atoms with Crippen LogP contribution < -0.4 is 5.32 Å². The van der Waals surface area contributed by atoms with Crippen LogP contribution in [0.5, 0.6) is 0 Å². The number of hydrogen-bond acceptors (Lipinski definition) is 4. The number of benzene rings is 1. The van der Waals surface area contributed by atoms with Crippen molar-refractivity contribution in [2.24, 2.45) is 0 Å². The monoisotopic (exact) mass is 296 g/mol. The van der Waals surface area contributed by atoms with Crippen LogP contribution in [0.4, 0.5) is 0 Å². The van der Waals surface area contributed by atoms with Gasteiger partial charge in [0.15, 0.2) is 0 Å². The van der Waals surface area contributed by atoms with E-state index in [9.17, 15) is 4.79 Å². The van der Waals surface area contributed by atoms with Gasteiger partial charge in [0.05, 0.1) is 17.9 Å². The molecule has 0 atom stereocenters. The van der Waals surface area contributed by atoms with Crippen molar-refractivity contribution in [1.82, 2.24) is 20.1 Å². The van der Waals surface area contributed by atoms with E-state index in [-0.39, 0.29) is 12.5 Å². The molecule has 1 aromatic carbocycles. The number of aromatic nitrogens is 3. The van der Waals surface area contributed by atoms with Crippen LogP contribution in [0.3, 0.4) is 0 Å². The molecule has 2 aromatic heterocycles. The van der Waals surface area contributed by atoms with Gasteiger partial charge in [0.1, 0.15) is 5.76 Å². The summed E-state index contributed by atoms with van der Waals surface area (Å²) in [5.41, 5.74) is 2.32. The van der Waals surface area contributed by atoms with Gasteiger partial charge in [-0.2, -0.15) is 5.10 Å². The summed E-state index contributed by atoms with van der Waals surface area (Å²) in [5.74, 6) is 1.12. The number of hydrogen-bond donors (Lipinski definition) is 1. The first-order valence-electron chi connectivity index (χ1n) is 6.94. The second kappa shape index (κ2) is 5.85. The number of aryl methyl sites for hydroxylation is 2. The number of carbonyl (C=O) groups excluding carboxylic acids is 1. The summed E-state index contributed by atoms with van der Waals surface area (Å²) in [7, 11) is 0. The largest absolute Gasteiger partial charge is 0.444 e. The highest BCUT2D eigenvalue weighted by Gasteiger charge is 2.09. The molecule has 3 rings (SSSR count). The average molecular weight is 296 g/mol. The van der Waals surface area contributed by atoms with Gasteiger partial charge < -0.3 is 9.73 Å². The molecule has 0 spiro atoms. The van der Waals surface area contributed by atoms with Crippen molar-refractivity contribution < 1.29 is 9.21 Å². The van der Waals surface area contributed by atoms with Gasteiger partial charge in [0.25, 0.3) is 5.91 Å². The predicted octanol–water partition coefficient (Wildman–Crippen LogP) is 2.41. The van der Waals surface area contributed by atoms with Gasteiger partial charge in [0.2, 0.25) is 5.89 Å². The van der Waals surface area contributed by atoms with Crippen LogP contribution >= 0.6 is 0 Å². The second-order valence-corrected chi connectivity index (χ2v) is 4.93. The van der Waals surface area contributed by atoms with Crippen molar-refractivity contribution >= 4 is 5.91 Å². The highest BCUT2D eigenvalue weighted by atomic mass is 16.4. The van der Waals surface area contributed by atoms with Crippen molar-refractivity contribution in [1.29, 1.82) is 0 Å². The van der Waals surface area contributed by atoms with Gasteiger partial charge in [-0.1, -0.05) is 0 Å². The molecule has 22 heavy (non-hydrogen) atoms. The van der Waals surface area contributed by atoms with E-state index in [1.807, 2.05) is 38.2 Å². The van der Waals surface area contributed by atoms with Crippen molar-refractivity contribution in [3.05, 3.63) is 65.6 Å². The van der Waals surface area contributed by atoms with E-state index in [0.717, 1.165) is 17.1 Å². The fourth-order valence-electron chi connectivity index (χ4n) is 2.06. The lowest BCUT2D eigenvalue weighted by Crippen LogP contribution is -2.22. The summed E-state index contributed by atoms with van der Waals surface area (Å²) < 4.78 is 7.17. The molecular weight excluding hydrogens is 280 g/mol. The third kappa shape index (κ3) is 2.90. The molecule has 2 heterocycles. The lowest BCUT2D eigenvalue weighted by Gasteiger charge is -2.05. The number of nitrogens with zero attached hydrogens (tertiary/aromatic N) is 3. The Labute approximate surface area is 127 Å². The molecule has 6 heteroatoms. The summed E-state index contributed by atoms with van der Waals surface area (Å²) in [5, 5.41) is 6.94. The molecule has 0 saturated heterocycles. The minimum atomic E-state index is -0.166. The Kier molecular flexibility index (Phi) is 3.74. The molecule has 112 valence electrons. The van der Waals surface area contributed by atoms with Gasteiger partial charge in [-0.3, -0.25) is 4.79 Å². The standard InChI is InChI=1S/C16H16N4O2/c1-11-12(2)22-15(19-11)10-17-16(21)13-4-6-14(7-5-13)20-9-3-8-18-20/h3-9H,10H2,1-2H3,(H,17,21). The predicted molar refractivity (Wildman–Crippen MR) is 80.7 cm³/mol. The smallest absolute Gasteiger partial charge is 0.251 e. The SMILES string of the molecule is Cc1nc(CNC(=O)c2ccc(-n3cccn3)cc2)oc1C. The highest BCUT2D eigenvalue weighted by molar-refractivity contribution is 5.94. The maximum atomic E-state index is 12.1. The van der Waals surface area contributed by atoms with Crippen LogP contribution in [-0.4, -0.2) is 20.7 Å². The normalized spacial score (nSPS) is 10.6. The number of nitrogens with one attached hydrogen (secondary N) is 1. The van der Waals surface area contributed by atoms with Crippen LogP contribution in [0.15, 0.2) is 47.1 Å². The molecule has 0 radical (unpaired) electrons. The zero-order chi connectivity index (χ0) is 15.5. The Morgan fingerprint density at radius 2 is 2.05 bits per heavy atom. The Hall–Kier alpha value is -2.89. The van der Waals surface area contributed by atoms with Gasteiger partial charge in [0, 0.05) is 18.0 Å². The van der Waals surface area contributed by atoms with Crippen LogP contribution in [0.25, 0.3) is 5.69 Å². The second-order valence-electron chi connectivity index (χ2n) is 4.93. The minimum Gasteiger partial charge on any atom is -0.444 e. The molecule has 0 unspecified atom stereocenters. The maximum absolute atomic E-state index is 12.1. The van der Waals surface area contributed by atoms with E-state index >= 15 is 0 Å².